The number of halogens is 1. The van der Waals surface area contributed by atoms with E-state index < -0.39 is 0 Å². The van der Waals surface area contributed by atoms with E-state index in [2.05, 4.69) is 43.2 Å². The second-order valence-corrected chi connectivity index (χ2v) is 10.4. The largest absolute Gasteiger partial charge is 0.364 e. The summed E-state index contributed by atoms with van der Waals surface area (Å²) < 4.78 is 15.7. The van der Waals surface area contributed by atoms with Crippen LogP contribution in [0.2, 0.25) is 0 Å². The highest BCUT2D eigenvalue weighted by Gasteiger charge is 2.27. The molecular weight excluding hydrogens is 441 g/mol. The van der Waals surface area contributed by atoms with Crippen LogP contribution in [-0.4, -0.2) is 63.3 Å². The molecule has 1 aliphatic heterocycles. The van der Waals surface area contributed by atoms with Crippen LogP contribution in [-0.2, 0) is 0 Å². The van der Waals surface area contributed by atoms with Gasteiger partial charge in [-0.2, -0.15) is 4.52 Å². The molecule has 3 heterocycles. The summed E-state index contributed by atoms with van der Waals surface area (Å²) in [6, 6.07) is 6.63. The summed E-state index contributed by atoms with van der Waals surface area (Å²) in [5.41, 5.74) is 1.17. The Morgan fingerprint density at radius 3 is 2.61 bits per heavy atom. The van der Waals surface area contributed by atoms with Crippen LogP contribution >= 0.6 is 11.3 Å². The van der Waals surface area contributed by atoms with Crippen molar-refractivity contribution in [1.82, 2.24) is 24.8 Å². The fourth-order valence-corrected chi connectivity index (χ4v) is 4.63. The standard InChI is InChI=1S/C23H32FN7OS/c1-6-15(2)25-20(32)29-10-12-30(13-11-29)22-28-31-19(27-23(3,4)5)18(26-21(31)33-22)16-8-7-9-17(24)14-16/h7-9,14-15,27H,6,10-13H2,1-5H3,(H,25,32)/t15-/m1/s1. The van der Waals surface area contributed by atoms with Gasteiger partial charge in [0.25, 0.3) is 0 Å². The maximum atomic E-state index is 13.9. The van der Waals surface area contributed by atoms with E-state index in [1.807, 2.05) is 22.4 Å². The Balaban J connectivity index is 1.57. The van der Waals surface area contributed by atoms with E-state index in [-0.39, 0.29) is 23.4 Å². The van der Waals surface area contributed by atoms with Crippen LogP contribution in [0.25, 0.3) is 16.2 Å². The number of anilines is 2. The Hall–Kier alpha value is -2.88. The molecule has 2 amide bonds. The van der Waals surface area contributed by atoms with Crippen molar-refractivity contribution in [3.05, 3.63) is 30.1 Å². The summed E-state index contributed by atoms with van der Waals surface area (Å²) in [6.45, 7) is 13.0. The predicted octanol–water partition coefficient (Wildman–Crippen LogP) is 4.44. The van der Waals surface area contributed by atoms with E-state index in [9.17, 15) is 9.18 Å². The summed E-state index contributed by atoms with van der Waals surface area (Å²) >= 11 is 1.50. The first-order valence-electron chi connectivity index (χ1n) is 11.4. The van der Waals surface area contributed by atoms with E-state index in [4.69, 9.17) is 10.1 Å². The highest BCUT2D eigenvalue weighted by atomic mass is 32.1. The van der Waals surface area contributed by atoms with Crippen molar-refractivity contribution in [3.63, 3.8) is 0 Å². The highest BCUT2D eigenvalue weighted by Crippen LogP contribution is 2.35. The van der Waals surface area contributed by atoms with Crippen LogP contribution in [0.15, 0.2) is 24.3 Å². The summed E-state index contributed by atoms with van der Waals surface area (Å²) in [5.74, 6) is 0.451. The van der Waals surface area contributed by atoms with E-state index >= 15 is 0 Å². The lowest BCUT2D eigenvalue weighted by Crippen LogP contribution is -2.53. The lowest BCUT2D eigenvalue weighted by atomic mass is 10.1. The molecule has 178 valence electrons. The zero-order valence-electron chi connectivity index (χ0n) is 19.9. The Morgan fingerprint density at radius 2 is 1.97 bits per heavy atom. The lowest BCUT2D eigenvalue weighted by molar-refractivity contribution is 0.190. The Morgan fingerprint density at radius 1 is 1.24 bits per heavy atom. The molecule has 4 rings (SSSR count). The first-order chi connectivity index (χ1) is 15.6. The first kappa shape index (κ1) is 23.3. The molecule has 0 aliphatic carbocycles. The average Bonchev–Trinajstić information content (AvgIpc) is 3.32. The molecule has 0 unspecified atom stereocenters. The number of amides is 2. The second-order valence-electron chi connectivity index (χ2n) is 9.51. The number of hydrogen-bond acceptors (Lipinski definition) is 6. The molecule has 8 nitrogen and oxygen atoms in total. The van der Waals surface area contributed by atoms with Crippen molar-refractivity contribution in [2.75, 3.05) is 36.4 Å². The van der Waals surface area contributed by atoms with Crippen molar-refractivity contribution in [2.45, 2.75) is 52.6 Å². The van der Waals surface area contributed by atoms with Crippen molar-refractivity contribution >= 4 is 33.3 Å². The number of piperazine rings is 1. The number of benzene rings is 1. The predicted molar refractivity (Wildman–Crippen MR) is 132 cm³/mol. The van der Waals surface area contributed by atoms with Crippen molar-refractivity contribution in [1.29, 1.82) is 0 Å². The van der Waals surface area contributed by atoms with Gasteiger partial charge in [-0.1, -0.05) is 30.4 Å². The number of nitrogens with one attached hydrogen (secondary N) is 2. The minimum atomic E-state index is -0.297. The zero-order valence-corrected chi connectivity index (χ0v) is 20.7. The minimum absolute atomic E-state index is 0.00524. The van der Waals surface area contributed by atoms with Gasteiger partial charge in [0.1, 0.15) is 11.5 Å². The third-order valence-corrected chi connectivity index (χ3v) is 6.57. The SMILES string of the molecule is CC[C@@H](C)NC(=O)N1CCN(c2nn3c(NC(C)(C)C)c(-c4cccc(F)c4)nc3s2)CC1. The van der Waals surface area contributed by atoms with Gasteiger partial charge in [-0.3, -0.25) is 0 Å². The van der Waals surface area contributed by atoms with Gasteiger partial charge in [0.05, 0.1) is 0 Å². The fraction of sp³-hybridized carbons (Fsp3) is 0.522. The van der Waals surface area contributed by atoms with Crippen LogP contribution in [0, 0.1) is 5.82 Å². The van der Waals surface area contributed by atoms with Gasteiger partial charge in [0.2, 0.25) is 10.1 Å². The molecule has 1 fully saturated rings. The Labute approximate surface area is 197 Å². The van der Waals surface area contributed by atoms with Crippen LogP contribution in [0.1, 0.15) is 41.0 Å². The lowest BCUT2D eigenvalue weighted by Gasteiger charge is -2.34. The number of hydrogen-bond donors (Lipinski definition) is 2. The minimum Gasteiger partial charge on any atom is -0.364 e. The molecule has 0 bridgehead atoms. The topological polar surface area (TPSA) is 77.8 Å². The van der Waals surface area contributed by atoms with Gasteiger partial charge in [0.15, 0.2) is 5.82 Å². The molecule has 33 heavy (non-hydrogen) atoms. The van der Waals surface area contributed by atoms with E-state index in [1.54, 1.807) is 6.07 Å². The van der Waals surface area contributed by atoms with Gasteiger partial charge >= 0.3 is 6.03 Å². The smallest absolute Gasteiger partial charge is 0.317 e. The molecule has 1 aliphatic rings. The first-order valence-corrected chi connectivity index (χ1v) is 12.2. The summed E-state index contributed by atoms with van der Waals surface area (Å²) in [5, 5.41) is 12.2. The molecule has 2 N–H and O–H groups in total. The van der Waals surface area contributed by atoms with Crippen LogP contribution in [0.3, 0.4) is 0 Å². The number of nitrogens with zero attached hydrogens (tertiary/aromatic N) is 5. The molecule has 0 radical (unpaired) electrons. The fourth-order valence-electron chi connectivity index (χ4n) is 3.68. The number of urea groups is 1. The van der Waals surface area contributed by atoms with Crippen LogP contribution < -0.4 is 15.5 Å². The quantitative estimate of drug-likeness (QED) is 0.573. The number of carbonyl (C=O) groups excluding carboxylic acids is 1. The molecule has 10 heteroatoms. The number of rotatable bonds is 5. The normalized spacial score (nSPS) is 15.7. The molecule has 0 saturated carbocycles. The molecule has 2 aromatic heterocycles. The Bertz CT molecular complexity index is 1130. The van der Waals surface area contributed by atoms with Gasteiger partial charge in [-0.25, -0.2) is 14.2 Å². The third-order valence-electron chi connectivity index (χ3n) is 5.60. The van der Waals surface area contributed by atoms with Crippen LogP contribution in [0.5, 0.6) is 0 Å². The molecule has 1 atom stereocenters. The highest BCUT2D eigenvalue weighted by molar-refractivity contribution is 7.20. The molecular formula is C23H32FN7OS. The summed E-state index contributed by atoms with van der Waals surface area (Å²) in [6.07, 6.45) is 0.910. The number of aromatic nitrogens is 3. The van der Waals surface area contributed by atoms with Crippen molar-refractivity contribution in [3.8, 4) is 11.3 Å². The van der Waals surface area contributed by atoms with Crippen molar-refractivity contribution < 1.29 is 9.18 Å². The second kappa shape index (κ2) is 9.17. The van der Waals surface area contributed by atoms with E-state index in [0.717, 1.165) is 22.3 Å². The number of imidazole rings is 1. The molecule has 1 aromatic carbocycles. The van der Waals surface area contributed by atoms with Gasteiger partial charge in [0, 0.05) is 43.3 Å². The number of fused-ring (bicyclic) bond motifs is 1. The van der Waals surface area contributed by atoms with Gasteiger partial charge < -0.3 is 20.4 Å². The maximum absolute atomic E-state index is 13.9. The van der Waals surface area contributed by atoms with Gasteiger partial charge in [-0.15, -0.1) is 5.10 Å². The maximum Gasteiger partial charge on any atom is 0.317 e. The number of carbonyl (C=O) groups is 1. The molecule has 3 aromatic rings. The molecule has 1 saturated heterocycles. The third kappa shape index (κ3) is 5.21. The summed E-state index contributed by atoms with van der Waals surface area (Å²) in [7, 11) is 0. The monoisotopic (exact) mass is 473 g/mol. The summed E-state index contributed by atoms with van der Waals surface area (Å²) in [4.78, 5) is 22.0. The van der Waals surface area contributed by atoms with E-state index in [0.29, 0.717) is 37.4 Å². The average molecular weight is 474 g/mol. The van der Waals surface area contributed by atoms with E-state index in [1.165, 1.54) is 23.5 Å². The molecule has 0 spiro atoms. The Kier molecular flexibility index (Phi) is 6.47. The van der Waals surface area contributed by atoms with Crippen LogP contribution in [0.4, 0.5) is 20.1 Å². The zero-order chi connectivity index (χ0) is 23.8. The van der Waals surface area contributed by atoms with Gasteiger partial charge in [-0.05, 0) is 46.2 Å². The van der Waals surface area contributed by atoms with Crippen molar-refractivity contribution in [2.24, 2.45) is 0 Å².